The Bertz CT molecular complexity index is 317. The minimum Gasteiger partial charge on any atom is -0.373 e. The third-order valence-corrected chi connectivity index (χ3v) is 1.59. The quantitative estimate of drug-likeness (QED) is 0.529. The molecule has 0 aliphatic heterocycles. The van der Waals surface area contributed by atoms with Crippen molar-refractivity contribution in [1.29, 1.82) is 0 Å². The molecule has 5 heteroatoms. The van der Waals surface area contributed by atoms with E-state index in [0.717, 1.165) is 6.42 Å². The Balaban J connectivity index is 2.26. The normalized spacial score (nSPS) is 10.1. The highest BCUT2D eigenvalue weighted by atomic mass is 16.5. The van der Waals surface area contributed by atoms with Gasteiger partial charge in [0.05, 0.1) is 13.1 Å². The number of nitrogens with one attached hydrogen (secondary N) is 1. The number of nitrogens with zero attached hydrogens (tertiary/aromatic N) is 2. The van der Waals surface area contributed by atoms with Crippen LogP contribution < -0.4 is 5.32 Å². The lowest BCUT2D eigenvalue weighted by atomic mass is 10.5. The van der Waals surface area contributed by atoms with Crippen molar-refractivity contribution in [3.05, 3.63) is 11.7 Å². The molecule has 1 aromatic rings. The summed E-state index contributed by atoms with van der Waals surface area (Å²) in [7, 11) is 0. The van der Waals surface area contributed by atoms with Crippen LogP contribution in [0.3, 0.4) is 0 Å². The summed E-state index contributed by atoms with van der Waals surface area (Å²) in [6.07, 6.45) is 6.06. The largest absolute Gasteiger partial charge is 0.373 e. The van der Waals surface area contributed by atoms with E-state index in [1.165, 1.54) is 0 Å². The van der Waals surface area contributed by atoms with E-state index in [-0.39, 0.29) is 0 Å². The van der Waals surface area contributed by atoms with Crippen molar-refractivity contribution in [2.75, 3.05) is 13.2 Å². The van der Waals surface area contributed by atoms with E-state index in [9.17, 15) is 0 Å². The van der Waals surface area contributed by atoms with E-state index in [4.69, 9.17) is 15.7 Å². The molecule has 0 aromatic carbocycles. The van der Waals surface area contributed by atoms with Gasteiger partial charge in [-0.15, -0.1) is 6.42 Å². The zero-order valence-corrected chi connectivity index (χ0v) is 8.82. The van der Waals surface area contributed by atoms with Gasteiger partial charge in [0.15, 0.2) is 5.82 Å². The molecule has 0 saturated carbocycles. The van der Waals surface area contributed by atoms with Crippen LogP contribution in [0.2, 0.25) is 0 Å². The fourth-order valence-electron chi connectivity index (χ4n) is 0.970. The Labute approximate surface area is 89.2 Å². The molecule has 1 heterocycles. The van der Waals surface area contributed by atoms with Crippen LogP contribution in [0.1, 0.15) is 25.1 Å². The highest BCUT2D eigenvalue weighted by Crippen LogP contribution is 1.98. The standard InChI is InChI=1S/C10H15N3O2/c1-3-5-11-7-10-12-9(13-15-10)8-14-6-4-2/h1,11H,4-8H2,2H3. The average Bonchev–Trinajstić information content (AvgIpc) is 2.67. The first-order chi connectivity index (χ1) is 7.36. The van der Waals surface area contributed by atoms with Gasteiger partial charge in [-0.3, -0.25) is 5.32 Å². The Kier molecular flexibility index (Phi) is 5.44. The van der Waals surface area contributed by atoms with Gasteiger partial charge in [0.25, 0.3) is 0 Å². The highest BCUT2D eigenvalue weighted by Gasteiger charge is 2.04. The van der Waals surface area contributed by atoms with Crippen LogP contribution in [0.25, 0.3) is 0 Å². The lowest BCUT2D eigenvalue weighted by molar-refractivity contribution is 0.114. The maximum Gasteiger partial charge on any atom is 0.240 e. The first kappa shape index (κ1) is 11.7. The minimum atomic E-state index is 0.395. The zero-order valence-electron chi connectivity index (χ0n) is 8.82. The summed E-state index contributed by atoms with van der Waals surface area (Å²) in [6.45, 7) is 4.13. The topological polar surface area (TPSA) is 60.2 Å². The number of rotatable bonds is 7. The number of ether oxygens (including phenoxy) is 1. The Morgan fingerprint density at radius 1 is 1.60 bits per heavy atom. The summed E-state index contributed by atoms with van der Waals surface area (Å²) in [6, 6.07) is 0. The van der Waals surface area contributed by atoms with Crippen molar-refractivity contribution in [3.8, 4) is 12.3 Å². The SMILES string of the molecule is C#CCNCc1nc(COCCC)no1. The third kappa shape index (κ3) is 4.58. The second-order valence-electron chi connectivity index (χ2n) is 2.96. The summed E-state index contributed by atoms with van der Waals surface area (Å²) in [5, 5.41) is 6.72. The maximum atomic E-state index is 5.27. The van der Waals surface area contributed by atoms with E-state index in [2.05, 4.69) is 21.4 Å². The number of aromatic nitrogens is 2. The second-order valence-corrected chi connectivity index (χ2v) is 2.96. The Hall–Kier alpha value is -1.38. The molecule has 0 spiro atoms. The molecule has 0 fully saturated rings. The van der Waals surface area contributed by atoms with Gasteiger partial charge in [0.1, 0.15) is 6.61 Å². The van der Waals surface area contributed by atoms with Crippen LogP contribution in [0, 0.1) is 12.3 Å². The van der Waals surface area contributed by atoms with Gasteiger partial charge < -0.3 is 9.26 Å². The molecular formula is C10H15N3O2. The van der Waals surface area contributed by atoms with Crippen molar-refractivity contribution in [3.63, 3.8) is 0 Å². The number of terminal acetylenes is 1. The monoisotopic (exact) mass is 209 g/mol. The predicted octanol–water partition coefficient (Wildman–Crippen LogP) is 0.719. The molecule has 1 N–H and O–H groups in total. The highest BCUT2D eigenvalue weighted by molar-refractivity contribution is 4.89. The van der Waals surface area contributed by atoms with Gasteiger partial charge in [-0.1, -0.05) is 18.0 Å². The van der Waals surface area contributed by atoms with Crippen LogP contribution in [0.4, 0.5) is 0 Å². The van der Waals surface area contributed by atoms with Crippen molar-refractivity contribution >= 4 is 0 Å². The first-order valence-electron chi connectivity index (χ1n) is 4.90. The fourth-order valence-corrected chi connectivity index (χ4v) is 0.970. The molecule has 0 bridgehead atoms. The van der Waals surface area contributed by atoms with Crippen molar-refractivity contribution in [1.82, 2.24) is 15.5 Å². The van der Waals surface area contributed by atoms with Crippen LogP contribution in [-0.4, -0.2) is 23.3 Å². The van der Waals surface area contributed by atoms with E-state index in [1.54, 1.807) is 0 Å². The predicted molar refractivity (Wildman–Crippen MR) is 54.8 cm³/mol. The van der Waals surface area contributed by atoms with Crippen LogP contribution >= 0.6 is 0 Å². The van der Waals surface area contributed by atoms with Crippen molar-refractivity contribution < 1.29 is 9.26 Å². The summed E-state index contributed by atoms with van der Waals surface area (Å²) in [5.74, 6) is 3.56. The molecule has 0 atom stereocenters. The summed E-state index contributed by atoms with van der Waals surface area (Å²) < 4.78 is 10.2. The van der Waals surface area contributed by atoms with Gasteiger partial charge in [0.2, 0.25) is 5.89 Å². The fraction of sp³-hybridized carbons (Fsp3) is 0.600. The molecule has 0 aliphatic rings. The lowest BCUT2D eigenvalue weighted by Gasteiger charge is -1.95. The van der Waals surface area contributed by atoms with E-state index >= 15 is 0 Å². The molecule has 0 unspecified atom stereocenters. The van der Waals surface area contributed by atoms with Gasteiger partial charge >= 0.3 is 0 Å². The van der Waals surface area contributed by atoms with Gasteiger partial charge in [-0.2, -0.15) is 4.98 Å². The third-order valence-electron chi connectivity index (χ3n) is 1.59. The van der Waals surface area contributed by atoms with Crippen molar-refractivity contribution in [2.45, 2.75) is 26.5 Å². The maximum absolute atomic E-state index is 5.27. The summed E-state index contributed by atoms with van der Waals surface area (Å²) >= 11 is 0. The molecule has 82 valence electrons. The molecule has 1 aromatic heterocycles. The average molecular weight is 209 g/mol. The van der Waals surface area contributed by atoms with Gasteiger partial charge in [0, 0.05) is 6.61 Å². The molecule has 0 radical (unpaired) electrons. The Morgan fingerprint density at radius 2 is 2.47 bits per heavy atom. The van der Waals surface area contributed by atoms with E-state index in [1.807, 2.05) is 6.92 Å². The molecular weight excluding hydrogens is 194 g/mol. The van der Waals surface area contributed by atoms with Crippen molar-refractivity contribution in [2.24, 2.45) is 0 Å². The number of hydrogen-bond donors (Lipinski definition) is 1. The minimum absolute atomic E-state index is 0.395. The number of hydrogen-bond acceptors (Lipinski definition) is 5. The first-order valence-corrected chi connectivity index (χ1v) is 4.90. The van der Waals surface area contributed by atoms with Crippen LogP contribution in [-0.2, 0) is 17.9 Å². The van der Waals surface area contributed by atoms with Gasteiger partial charge in [-0.05, 0) is 6.42 Å². The van der Waals surface area contributed by atoms with E-state index < -0.39 is 0 Å². The Morgan fingerprint density at radius 3 is 3.20 bits per heavy atom. The second kappa shape index (κ2) is 6.98. The van der Waals surface area contributed by atoms with Crippen LogP contribution in [0.5, 0.6) is 0 Å². The zero-order chi connectivity index (χ0) is 10.9. The summed E-state index contributed by atoms with van der Waals surface area (Å²) in [4.78, 5) is 4.12. The lowest BCUT2D eigenvalue weighted by Crippen LogP contribution is -2.13. The van der Waals surface area contributed by atoms with Gasteiger partial charge in [-0.25, -0.2) is 0 Å². The molecule has 0 aliphatic carbocycles. The van der Waals surface area contributed by atoms with E-state index in [0.29, 0.717) is 38.0 Å². The molecule has 0 amide bonds. The smallest absolute Gasteiger partial charge is 0.240 e. The molecule has 0 saturated heterocycles. The van der Waals surface area contributed by atoms with Crippen LogP contribution in [0.15, 0.2) is 4.52 Å². The summed E-state index contributed by atoms with van der Waals surface area (Å²) in [5.41, 5.74) is 0. The molecule has 5 nitrogen and oxygen atoms in total. The molecule has 15 heavy (non-hydrogen) atoms. The molecule has 1 rings (SSSR count).